The van der Waals surface area contributed by atoms with Crippen LogP contribution < -0.4 is 26.0 Å². The number of para-hydroxylation sites is 1. The number of thiophene rings is 1. The molecular formula is C24H22FN3O5S. The first-order valence-corrected chi connectivity index (χ1v) is 11.2. The van der Waals surface area contributed by atoms with Crippen molar-refractivity contribution in [3.8, 4) is 11.5 Å². The molecule has 0 atom stereocenters. The average molecular weight is 484 g/mol. The van der Waals surface area contributed by atoms with Crippen LogP contribution in [0.3, 0.4) is 0 Å². The summed E-state index contributed by atoms with van der Waals surface area (Å²) in [5.74, 6) is 0.229. The minimum Gasteiger partial charge on any atom is -0.493 e. The Kier molecular flexibility index (Phi) is 6.78. The Morgan fingerprint density at radius 1 is 1.03 bits per heavy atom. The number of rotatable bonds is 8. The molecule has 0 fully saturated rings. The molecule has 34 heavy (non-hydrogen) atoms. The number of carbonyl (C=O) groups excluding carboxylic acids is 1. The number of aromatic nitrogens is 2. The number of amides is 1. The molecule has 4 aromatic rings. The molecule has 2 aromatic carbocycles. The third kappa shape index (κ3) is 4.58. The van der Waals surface area contributed by atoms with E-state index in [2.05, 4.69) is 5.32 Å². The highest BCUT2D eigenvalue weighted by molar-refractivity contribution is 7.17. The second-order valence-electron chi connectivity index (χ2n) is 7.45. The van der Waals surface area contributed by atoms with Crippen molar-refractivity contribution in [1.82, 2.24) is 14.5 Å². The standard InChI is InChI=1S/C24H22FN3O5S/c1-32-19-5-3-4-16(21(19)33-2)12-26-20(29)14-27-18-10-11-34-22(18)23(30)28(24(27)31)13-15-6-8-17(25)9-7-15/h3-11H,12-14H2,1-2H3,(H,26,29). The largest absolute Gasteiger partial charge is 0.493 e. The van der Waals surface area contributed by atoms with Crippen LogP contribution in [0.25, 0.3) is 10.2 Å². The van der Waals surface area contributed by atoms with E-state index < -0.39 is 23.0 Å². The lowest BCUT2D eigenvalue weighted by Crippen LogP contribution is -2.42. The summed E-state index contributed by atoms with van der Waals surface area (Å²) >= 11 is 1.20. The predicted molar refractivity (Wildman–Crippen MR) is 127 cm³/mol. The maximum absolute atomic E-state index is 13.3. The van der Waals surface area contributed by atoms with Crippen molar-refractivity contribution in [2.75, 3.05) is 14.2 Å². The number of halogens is 1. The van der Waals surface area contributed by atoms with Crippen LogP contribution in [-0.4, -0.2) is 29.3 Å². The highest BCUT2D eigenvalue weighted by Gasteiger charge is 2.17. The molecule has 1 amide bonds. The van der Waals surface area contributed by atoms with Crippen molar-refractivity contribution in [3.63, 3.8) is 0 Å². The summed E-state index contributed by atoms with van der Waals surface area (Å²) in [6.45, 7) is -0.146. The van der Waals surface area contributed by atoms with Crippen LogP contribution in [0.5, 0.6) is 11.5 Å². The number of nitrogens with zero attached hydrogens (tertiary/aromatic N) is 2. The quantitative estimate of drug-likeness (QED) is 0.416. The summed E-state index contributed by atoms with van der Waals surface area (Å²) in [6.07, 6.45) is 0. The Balaban J connectivity index is 1.61. The van der Waals surface area contributed by atoms with Crippen LogP contribution in [0.15, 0.2) is 63.5 Å². The summed E-state index contributed by atoms with van der Waals surface area (Å²) in [5, 5.41) is 4.49. The molecule has 2 aromatic heterocycles. The van der Waals surface area contributed by atoms with Crippen LogP contribution in [0.1, 0.15) is 11.1 Å². The molecule has 0 saturated carbocycles. The minimum absolute atomic E-state index is 0.0333. The Bertz CT molecular complexity index is 1460. The molecule has 10 heteroatoms. The van der Waals surface area contributed by atoms with Crippen molar-refractivity contribution in [3.05, 3.63) is 91.7 Å². The fourth-order valence-corrected chi connectivity index (χ4v) is 4.53. The Morgan fingerprint density at radius 2 is 1.79 bits per heavy atom. The Hall–Kier alpha value is -3.92. The molecule has 1 N–H and O–H groups in total. The zero-order chi connectivity index (χ0) is 24.2. The lowest BCUT2D eigenvalue weighted by atomic mass is 10.2. The summed E-state index contributed by atoms with van der Waals surface area (Å²) < 4.78 is 26.6. The third-order valence-corrected chi connectivity index (χ3v) is 6.24. The number of ether oxygens (including phenoxy) is 2. The first-order valence-electron chi connectivity index (χ1n) is 10.3. The molecule has 0 radical (unpaired) electrons. The molecule has 8 nitrogen and oxygen atoms in total. The van der Waals surface area contributed by atoms with E-state index in [1.54, 1.807) is 29.6 Å². The molecule has 0 bridgehead atoms. The predicted octanol–water partition coefficient (Wildman–Crippen LogP) is 2.75. The highest BCUT2D eigenvalue weighted by Crippen LogP contribution is 2.30. The van der Waals surface area contributed by atoms with Gasteiger partial charge in [0.2, 0.25) is 5.91 Å². The summed E-state index contributed by atoms with van der Waals surface area (Å²) in [5.41, 5.74) is 0.637. The number of hydrogen-bond acceptors (Lipinski definition) is 6. The topological polar surface area (TPSA) is 91.6 Å². The average Bonchev–Trinajstić information content (AvgIpc) is 3.34. The van der Waals surface area contributed by atoms with E-state index in [1.807, 2.05) is 0 Å². The molecule has 0 unspecified atom stereocenters. The van der Waals surface area contributed by atoms with Gasteiger partial charge in [-0.2, -0.15) is 0 Å². The van der Waals surface area contributed by atoms with Gasteiger partial charge in [-0.15, -0.1) is 11.3 Å². The van der Waals surface area contributed by atoms with Crippen molar-refractivity contribution < 1.29 is 18.7 Å². The molecular weight excluding hydrogens is 461 g/mol. The fourth-order valence-electron chi connectivity index (χ4n) is 3.68. The minimum atomic E-state index is -0.616. The molecule has 0 aliphatic rings. The molecule has 0 spiro atoms. The monoisotopic (exact) mass is 483 g/mol. The third-order valence-electron chi connectivity index (χ3n) is 5.35. The van der Waals surface area contributed by atoms with Gasteiger partial charge in [-0.25, -0.2) is 9.18 Å². The summed E-state index contributed by atoms with van der Waals surface area (Å²) in [6, 6.07) is 12.5. The zero-order valence-corrected chi connectivity index (χ0v) is 19.4. The van der Waals surface area contributed by atoms with E-state index in [4.69, 9.17) is 9.47 Å². The number of nitrogens with one attached hydrogen (secondary N) is 1. The number of carbonyl (C=O) groups is 1. The first kappa shape index (κ1) is 23.2. The highest BCUT2D eigenvalue weighted by atomic mass is 32.1. The number of methoxy groups -OCH3 is 2. The number of hydrogen-bond donors (Lipinski definition) is 1. The van der Waals surface area contributed by atoms with Crippen LogP contribution >= 0.6 is 11.3 Å². The van der Waals surface area contributed by atoms with Crippen LogP contribution in [-0.2, 0) is 24.4 Å². The maximum atomic E-state index is 13.3. The molecule has 4 rings (SSSR count). The van der Waals surface area contributed by atoms with Gasteiger partial charge < -0.3 is 14.8 Å². The van der Waals surface area contributed by atoms with E-state index in [-0.39, 0.29) is 19.6 Å². The van der Waals surface area contributed by atoms with E-state index >= 15 is 0 Å². The zero-order valence-electron chi connectivity index (χ0n) is 18.5. The van der Waals surface area contributed by atoms with E-state index in [0.29, 0.717) is 32.8 Å². The number of fused-ring (bicyclic) bond motifs is 1. The molecule has 176 valence electrons. The van der Waals surface area contributed by atoms with Gasteiger partial charge in [0, 0.05) is 12.1 Å². The van der Waals surface area contributed by atoms with Gasteiger partial charge >= 0.3 is 5.69 Å². The van der Waals surface area contributed by atoms with E-state index in [0.717, 1.165) is 4.57 Å². The van der Waals surface area contributed by atoms with Crippen LogP contribution in [0.2, 0.25) is 0 Å². The van der Waals surface area contributed by atoms with E-state index in [1.165, 1.54) is 54.4 Å². The van der Waals surface area contributed by atoms with Crippen molar-refractivity contribution in [1.29, 1.82) is 0 Å². The van der Waals surface area contributed by atoms with Crippen LogP contribution in [0.4, 0.5) is 4.39 Å². The SMILES string of the molecule is COc1cccc(CNC(=O)Cn2c(=O)n(Cc3ccc(F)cc3)c(=O)c3sccc32)c1OC. The smallest absolute Gasteiger partial charge is 0.332 e. The molecule has 2 heterocycles. The van der Waals surface area contributed by atoms with Gasteiger partial charge in [0.25, 0.3) is 5.56 Å². The normalized spacial score (nSPS) is 10.9. The van der Waals surface area contributed by atoms with Gasteiger partial charge in [0.1, 0.15) is 17.1 Å². The lowest BCUT2D eigenvalue weighted by Gasteiger charge is -2.14. The van der Waals surface area contributed by atoms with Gasteiger partial charge in [0.05, 0.1) is 26.3 Å². The fraction of sp³-hybridized carbons (Fsp3) is 0.208. The first-order chi connectivity index (χ1) is 16.4. The second kappa shape index (κ2) is 9.92. The number of benzene rings is 2. The summed E-state index contributed by atoms with van der Waals surface area (Å²) in [4.78, 5) is 38.9. The van der Waals surface area contributed by atoms with Crippen LogP contribution in [0, 0.1) is 5.82 Å². The molecule has 0 aliphatic heterocycles. The lowest BCUT2D eigenvalue weighted by molar-refractivity contribution is -0.121. The van der Waals surface area contributed by atoms with E-state index in [9.17, 15) is 18.8 Å². The maximum Gasteiger partial charge on any atom is 0.332 e. The van der Waals surface area contributed by atoms with Crippen molar-refractivity contribution in [2.24, 2.45) is 0 Å². The van der Waals surface area contributed by atoms with Gasteiger partial charge in [-0.1, -0.05) is 24.3 Å². The Labute approximate surface area is 197 Å². The Morgan fingerprint density at radius 3 is 2.50 bits per heavy atom. The van der Waals surface area contributed by atoms with Crippen molar-refractivity contribution >= 4 is 27.5 Å². The van der Waals surface area contributed by atoms with Gasteiger partial charge in [-0.05, 0) is 35.2 Å². The second-order valence-corrected chi connectivity index (χ2v) is 8.37. The van der Waals surface area contributed by atoms with Crippen molar-refractivity contribution in [2.45, 2.75) is 19.6 Å². The molecule has 0 aliphatic carbocycles. The molecule has 0 saturated heterocycles. The van der Waals surface area contributed by atoms with Gasteiger partial charge in [0.15, 0.2) is 11.5 Å². The van der Waals surface area contributed by atoms with Gasteiger partial charge in [-0.3, -0.25) is 18.7 Å². The summed E-state index contributed by atoms with van der Waals surface area (Å²) in [7, 11) is 3.04.